The highest BCUT2D eigenvalue weighted by Crippen LogP contribution is 2.32. The zero-order chi connectivity index (χ0) is 13.1. The minimum Gasteiger partial charge on any atom is -0.379 e. The summed E-state index contributed by atoms with van der Waals surface area (Å²) in [5, 5.41) is 13.8. The van der Waals surface area contributed by atoms with Crippen molar-refractivity contribution in [2.45, 2.75) is 18.9 Å². The second-order valence-corrected chi connectivity index (χ2v) is 5.01. The normalized spacial score (nSPS) is 19.6. The molecule has 0 radical (unpaired) electrons. The number of nitrogens with zero attached hydrogens (tertiary/aromatic N) is 1. The molecule has 0 saturated carbocycles. The molecule has 1 saturated heterocycles. The van der Waals surface area contributed by atoms with Gasteiger partial charge in [0.1, 0.15) is 5.69 Å². The lowest BCUT2D eigenvalue weighted by atomic mass is 10.1. The molecule has 0 unspecified atom stereocenters. The smallest absolute Gasteiger partial charge is 0.296 e. The average Bonchev–Trinajstić information content (AvgIpc) is 2.33. The van der Waals surface area contributed by atoms with Crippen molar-refractivity contribution in [1.29, 1.82) is 0 Å². The maximum atomic E-state index is 13.8. The van der Waals surface area contributed by atoms with Gasteiger partial charge in [0, 0.05) is 23.2 Å². The second-order valence-electron chi connectivity index (χ2n) is 4.10. The number of halogens is 2. The Kier molecular flexibility index (Phi) is 4.13. The van der Waals surface area contributed by atoms with Gasteiger partial charge in [0.25, 0.3) is 5.69 Å². The monoisotopic (exact) mass is 318 g/mol. The van der Waals surface area contributed by atoms with Crippen LogP contribution in [0.5, 0.6) is 0 Å². The molecule has 1 aromatic carbocycles. The van der Waals surface area contributed by atoms with E-state index < -0.39 is 10.7 Å². The molecule has 98 valence electrons. The predicted molar refractivity (Wildman–Crippen MR) is 68.2 cm³/mol. The number of ether oxygens (including phenoxy) is 1. The summed E-state index contributed by atoms with van der Waals surface area (Å²) in [5.41, 5.74) is -0.342. The zero-order valence-electron chi connectivity index (χ0n) is 9.49. The summed E-state index contributed by atoms with van der Waals surface area (Å²) in [5.74, 6) is -0.637. The Bertz CT molecular complexity index is 464. The first-order valence-corrected chi connectivity index (χ1v) is 6.35. The highest BCUT2D eigenvalue weighted by atomic mass is 79.9. The van der Waals surface area contributed by atoms with Crippen molar-refractivity contribution < 1.29 is 14.1 Å². The van der Waals surface area contributed by atoms with Crippen LogP contribution >= 0.6 is 15.9 Å². The summed E-state index contributed by atoms with van der Waals surface area (Å²) in [7, 11) is 0. The second kappa shape index (κ2) is 5.62. The third kappa shape index (κ3) is 2.97. The number of hydrogen-bond donors (Lipinski definition) is 1. The molecule has 0 aliphatic carbocycles. The summed E-state index contributed by atoms with van der Waals surface area (Å²) in [6, 6.07) is 2.40. The molecule has 1 N–H and O–H groups in total. The molecule has 0 aromatic heterocycles. The number of anilines is 1. The Morgan fingerprint density at radius 3 is 2.94 bits per heavy atom. The molecule has 0 spiro atoms. The van der Waals surface area contributed by atoms with E-state index >= 15 is 0 Å². The van der Waals surface area contributed by atoms with Crippen molar-refractivity contribution in [3.8, 4) is 0 Å². The largest absolute Gasteiger partial charge is 0.379 e. The quantitative estimate of drug-likeness (QED) is 0.687. The van der Waals surface area contributed by atoms with E-state index in [1.807, 2.05) is 0 Å². The summed E-state index contributed by atoms with van der Waals surface area (Å²) in [4.78, 5) is 10.3. The van der Waals surface area contributed by atoms with Crippen molar-refractivity contribution in [2.24, 2.45) is 0 Å². The summed E-state index contributed by atoms with van der Waals surface area (Å²) < 4.78 is 19.4. The molecule has 1 fully saturated rings. The third-order valence-electron chi connectivity index (χ3n) is 2.74. The van der Waals surface area contributed by atoms with Gasteiger partial charge in [0.15, 0.2) is 5.82 Å². The molecule has 1 heterocycles. The maximum Gasteiger partial charge on any atom is 0.296 e. The Balaban J connectivity index is 2.27. The van der Waals surface area contributed by atoms with Gasteiger partial charge in [-0.15, -0.1) is 0 Å². The van der Waals surface area contributed by atoms with Crippen molar-refractivity contribution in [3.63, 3.8) is 0 Å². The van der Waals surface area contributed by atoms with Crippen LogP contribution in [0.1, 0.15) is 12.8 Å². The van der Waals surface area contributed by atoms with Gasteiger partial charge < -0.3 is 10.1 Å². The zero-order valence-corrected chi connectivity index (χ0v) is 11.1. The van der Waals surface area contributed by atoms with E-state index in [1.54, 1.807) is 0 Å². The van der Waals surface area contributed by atoms with Crippen LogP contribution in [0.15, 0.2) is 16.6 Å². The topological polar surface area (TPSA) is 64.4 Å². The average molecular weight is 319 g/mol. The molecule has 7 heteroatoms. The molecule has 1 aliphatic rings. The van der Waals surface area contributed by atoms with E-state index in [0.717, 1.165) is 12.8 Å². The molecule has 5 nitrogen and oxygen atoms in total. The molecule has 2 rings (SSSR count). The fourth-order valence-corrected chi connectivity index (χ4v) is 2.32. The Morgan fingerprint density at radius 1 is 1.56 bits per heavy atom. The van der Waals surface area contributed by atoms with Gasteiger partial charge in [-0.25, -0.2) is 4.39 Å². The first-order valence-electron chi connectivity index (χ1n) is 5.55. The predicted octanol–water partition coefficient (Wildman–Crippen LogP) is 3.09. The fourth-order valence-electron chi connectivity index (χ4n) is 1.91. The highest BCUT2D eigenvalue weighted by molar-refractivity contribution is 9.10. The molecular weight excluding hydrogens is 307 g/mol. The van der Waals surface area contributed by atoms with Gasteiger partial charge in [-0.05, 0) is 18.9 Å². The van der Waals surface area contributed by atoms with Crippen molar-refractivity contribution in [2.75, 3.05) is 18.5 Å². The van der Waals surface area contributed by atoms with E-state index in [9.17, 15) is 14.5 Å². The van der Waals surface area contributed by atoms with E-state index in [-0.39, 0.29) is 17.4 Å². The minimum atomic E-state index is -0.637. The van der Waals surface area contributed by atoms with Crippen LogP contribution in [0, 0.1) is 15.9 Å². The van der Waals surface area contributed by atoms with Gasteiger partial charge in [0.2, 0.25) is 0 Å². The van der Waals surface area contributed by atoms with Gasteiger partial charge in [-0.2, -0.15) is 0 Å². The van der Waals surface area contributed by atoms with Crippen molar-refractivity contribution >= 4 is 27.3 Å². The minimum absolute atomic E-state index is 0.0706. The van der Waals surface area contributed by atoms with Crippen molar-refractivity contribution in [1.82, 2.24) is 0 Å². The number of hydrogen-bond acceptors (Lipinski definition) is 4. The molecule has 0 bridgehead atoms. The van der Waals surface area contributed by atoms with Crippen LogP contribution in [0.3, 0.4) is 0 Å². The lowest BCUT2D eigenvalue weighted by Crippen LogP contribution is -2.30. The van der Waals surface area contributed by atoms with Gasteiger partial charge in [-0.3, -0.25) is 10.1 Å². The number of benzene rings is 1. The number of rotatable bonds is 3. The molecule has 1 atom stereocenters. The maximum absolute atomic E-state index is 13.8. The van der Waals surface area contributed by atoms with Crippen molar-refractivity contribution in [3.05, 3.63) is 32.5 Å². The Labute approximate surface area is 112 Å². The van der Waals surface area contributed by atoms with Gasteiger partial charge >= 0.3 is 0 Å². The van der Waals surface area contributed by atoms with Gasteiger partial charge in [-0.1, -0.05) is 15.9 Å². The fraction of sp³-hybridized carbons (Fsp3) is 0.455. The Hall–Kier alpha value is -1.21. The summed E-state index contributed by atoms with van der Waals surface area (Å²) in [6.07, 6.45) is 1.68. The summed E-state index contributed by atoms with van der Waals surface area (Å²) in [6.45, 7) is 1.12. The molecule has 1 aliphatic heterocycles. The number of nitrogens with one attached hydrogen (secondary N) is 1. The molecule has 1 aromatic rings. The van der Waals surface area contributed by atoms with E-state index in [0.29, 0.717) is 17.7 Å². The van der Waals surface area contributed by atoms with E-state index in [1.165, 1.54) is 12.1 Å². The van der Waals surface area contributed by atoms with Crippen LogP contribution in [0.4, 0.5) is 15.8 Å². The van der Waals surface area contributed by atoms with Gasteiger partial charge in [0.05, 0.1) is 11.5 Å². The van der Waals surface area contributed by atoms with Crippen LogP contribution in [0.2, 0.25) is 0 Å². The molecule has 18 heavy (non-hydrogen) atoms. The first kappa shape index (κ1) is 13.2. The van der Waals surface area contributed by atoms with E-state index in [4.69, 9.17) is 4.74 Å². The highest BCUT2D eigenvalue weighted by Gasteiger charge is 2.23. The SMILES string of the molecule is O=[N+]([O-])c1cc(Br)cc(F)c1N[C@H]1CCCOC1. The van der Waals surface area contributed by atoms with Crippen LogP contribution in [0.25, 0.3) is 0 Å². The van der Waals surface area contributed by atoms with E-state index in [2.05, 4.69) is 21.2 Å². The van der Waals surface area contributed by atoms with Crippen LogP contribution in [-0.2, 0) is 4.74 Å². The lowest BCUT2D eigenvalue weighted by molar-refractivity contribution is -0.384. The number of nitro groups is 1. The summed E-state index contributed by atoms with van der Waals surface area (Å²) >= 11 is 3.04. The third-order valence-corrected chi connectivity index (χ3v) is 3.20. The number of nitro benzene ring substituents is 1. The van der Waals surface area contributed by atoms with Crippen LogP contribution < -0.4 is 5.32 Å². The molecule has 0 amide bonds. The lowest BCUT2D eigenvalue weighted by Gasteiger charge is -2.24. The van der Waals surface area contributed by atoms with Crippen LogP contribution in [-0.4, -0.2) is 24.2 Å². The first-order chi connectivity index (χ1) is 8.58. The Morgan fingerprint density at radius 2 is 2.33 bits per heavy atom. The molecular formula is C11H12BrFN2O3. The standard InChI is InChI=1S/C11H12BrFN2O3/c12-7-4-9(13)11(10(5-7)15(16)17)14-8-2-1-3-18-6-8/h4-5,8,14H,1-3,6H2/t8-/m0/s1.